The Balaban J connectivity index is 1.38. The number of hydrogen-bond acceptors (Lipinski definition) is 15. The van der Waals surface area contributed by atoms with Crippen LogP contribution in [0.15, 0.2) is 0 Å². The molecule has 16 nitrogen and oxygen atoms in total. The van der Waals surface area contributed by atoms with Gasteiger partial charge in [0.15, 0.2) is 12.6 Å². The Morgan fingerprint density at radius 1 is 0.615 bits per heavy atom. The highest BCUT2D eigenvalue weighted by Gasteiger charge is 2.51. The fourth-order valence-electron chi connectivity index (χ4n) is 7.33. The molecule has 15 atom stereocenters. The average molecular weight is 751 g/mol. The van der Waals surface area contributed by atoms with Crippen LogP contribution in [-0.2, 0) is 23.7 Å². The molecular formula is C36H70N4O12. The Kier molecular flexibility index (Phi) is 20.7. The molecule has 52 heavy (non-hydrogen) atoms. The van der Waals surface area contributed by atoms with Gasteiger partial charge in [-0.15, -0.1) is 0 Å². The van der Waals surface area contributed by atoms with Gasteiger partial charge in [-0.3, -0.25) is 4.79 Å². The molecule has 3 fully saturated rings. The minimum Gasteiger partial charge on any atom is -0.394 e. The van der Waals surface area contributed by atoms with Crippen molar-refractivity contribution in [3.05, 3.63) is 0 Å². The minimum atomic E-state index is -1.73. The molecule has 2 aliphatic heterocycles. The Morgan fingerprint density at radius 2 is 1.08 bits per heavy atom. The van der Waals surface area contributed by atoms with E-state index in [9.17, 15) is 40.5 Å². The fraction of sp³-hybridized carbons (Fsp3) is 0.972. The van der Waals surface area contributed by atoms with Crippen molar-refractivity contribution < 1.29 is 59.5 Å². The number of aliphatic hydroxyl groups is 7. The number of carbonyl (C=O) groups excluding carboxylic acids is 1. The Morgan fingerprint density at radius 3 is 1.58 bits per heavy atom. The molecule has 2 heterocycles. The molecule has 0 radical (unpaired) electrons. The lowest BCUT2D eigenvalue weighted by Gasteiger charge is -2.48. The number of aliphatic hydroxyl groups excluding tert-OH is 7. The third-order valence-corrected chi connectivity index (χ3v) is 10.8. The van der Waals surface area contributed by atoms with Crippen LogP contribution in [0.4, 0.5) is 0 Å². The smallest absolute Gasteiger partial charge is 0.220 e. The van der Waals surface area contributed by atoms with Gasteiger partial charge in [-0.2, -0.15) is 0 Å². The molecule has 0 unspecified atom stereocenters. The fourth-order valence-corrected chi connectivity index (χ4v) is 7.33. The highest BCUT2D eigenvalue weighted by Crippen LogP contribution is 2.31. The number of carbonyl (C=O) groups is 1. The van der Waals surface area contributed by atoms with E-state index in [1.807, 2.05) is 0 Å². The van der Waals surface area contributed by atoms with E-state index in [0.717, 1.165) is 25.7 Å². The largest absolute Gasteiger partial charge is 0.394 e. The third kappa shape index (κ3) is 13.6. The first-order chi connectivity index (χ1) is 24.9. The second-order valence-electron chi connectivity index (χ2n) is 15.1. The summed E-state index contributed by atoms with van der Waals surface area (Å²) in [5.41, 5.74) is 18.4. The first kappa shape index (κ1) is 45.3. The SMILES string of the molecule is CCCCCCCCCCCCCCCCCC(=O)NC[C@H]1O[C@H](O[C@H]2[C@H](O)[C@@H](O[C@H]3O[C@H](CO)[C@@H](O)[C@H](N)[C@H]3O)[C@H](N)C[C@@H]2N)[C@H](O)[C@@H](O)[C@@H]1O. The number of rotatable bonds is 23. The average Bonchev–Trinajstić information content (AvgIpc) is 3.12. The van der Waals surface area contributed by atoms with Crippen molar-refractivity contribution in [1.82, 2.24) is 5.32 Å². The van der Waals surface area contributed by atoms with Gasteiger partial charge in [0.25, 0.3) is 0 Å². The molecule has 306 valence electrons. The van der Waals surface area contributed by atoms with Crippen LogP contribution in [0, 0.1) is 0 Å². The number of nitrogens with two attached hydrogens (primary N) is 3. The highest BCUT2D eigenvalue weighted by atomic mass is 16.7. The molecule has 14 N–H and O–H groups in total. The summed E-state index contributed by atoms with van der Waals surface area (Å²) in [6, 6.07) is -2.97. The lowest BCUT2D eigenvalue weighted by atomic mass is 9.84. The maximum atomic E-state index is 12.6. The van der Waals surface area contributed by atoms with Gasteiger partial charge in [-0.05, 0) is 12.8 Å². The molecule has 1 amide bonds. The lowest BCUT2D eigenvalue weighted by molar-refractivity contribution is -0.332. The van der Waals surface area contributed by atoms with Crippen molar-refractivity contribution in [2.45, 2.75) is 208 Å². The van der Waals surface area contributed by atoms with E-state index in [-0.39, 0.29) is 18.9 Å². The molecule has 16 heteroatoms. The van der Waals surface area contributed by atoms with Crippen molar-refractivity contribution in [1.29, 1.82) is 0 Å². The summed E-state index contributed by atoms with van der Waals surface area (Å²) in [6.45, 7) is 1.48. The minimum absolute atomic E-state index is 0.0557. The van der Waals surface area contributed by atoms with Gasteiger partial charge >= 0.3 is 0 Å². The summed E-state index contributed by atoms with van der Waals surface area (Å²) in [6.07, 6.45) is 1.48. The first-order valence-electron chi connectivity index (χ1n) is 19.8. The van der Waals surface area contributed by atoms with Crippen LogP contribution < -0.4 is 22.5 Å². The van der Waals surface area contributed by atoms with Crippen LogP contribution >= 0.6 is 0 Å². The molecule has 2 saturated heterocycles. The van der Waals surface area contributed by atoms with Crippen molar-refractivity contribution in [3.8, 4) is 0 Å². The Hall–Kier alpha value is -1.09. The zero-order valence-electron chi connectivity index (χ0n) is 31.0. The van der Waals surface area contributed by atoms with Crippen LogP contribution in [0.3, 0.4) is 0 Å². The zero-order chi connectivity index (χ0) is 38.2. The van der Waals surface area contributed by atoms with Gasteiger partial charge in [0.2, 0.25) is 5.91 Å². The maximum absolute atomic E-state index is 12.6. The number of ether oxygens (including phenoxy) is 4. The van der Waals surface area contributed by atoms with E-state index < -0.39 is 98.4 Å². The van der Waals surface area contributed by atoms with E-state index in [1.165, 1.54) is 70.6 Å². The summed E-state index contributed by atoms with van der Waals surface area (Å²) in [7, 11) is 0. The summed E-state index contributed by atoms with van der Waals surface area (Å²) in [5, 5.41) is 76.1. The predicted octanol–water partition coefficient (Wildman–Crippen LogP) is -0.872. The monoisotopic (exact) mass is 750 g/mol. The molecule has 0 aromatic rings. The van der Waals surface area contributed by atoms with Gasteiger partial charge in [0.05, 0.1) is 12.6 Å². The molecule has 1 aliphatic carbocycles. The summed E-state index contributed by atoms with van der Waals surface area (Å²) in [5.74, 6) is -0.231. The first-order valence-corrected chi connectivity index (χ1v) is 19.8. The standard InChI is InChI=1S/C36H70N4O12/c1-2-3-4-5-6-7-8-9-10-11-12-13-14-15-16-17-25(42)40-19-23-28(44)30(46)31(47)36(49-23)52-34-22(38)18-21(37)33(32(34)48)51-35-29(45)26(39)27(43)24(20-41)50-35/h21-24,26-36,41,43-48H,2-20,37-39H2,1H3,(H,40,42)/t21-,22+,23-,24-,26+,27-,28-,29-,30+,31-,32-,33+,34-,35-,36-/m1/s1. The van der Waals surface area contributed by atoms with E-state index in [1.54, 1.807) is 0 Å². The molecule has 3 aliphatic rings. The number of amides is 1. The molecule has 0 bridgehead atoms. The van der Waals surface area contributed by atoms with Crippen molar-refractivity contribution in [2.24, 2.45) is 17.2 Å². The van der Waals surface area contributed by atoms with Crippen LogP contribution in [0.5, 0.6) is 0 Å². The van der Waals surface area contributed by atoms with Gasteiger partial charge in [-0.25, -0.2) is 0 Å². The molecular weight excluding hydrogens is 680 g/mol. The van der Waals surface area contributed by atoms with Gasteiger partial charge in [0.1, 0.15) is 61.0 Å². The zero-order valence-corrected chi connectivity index (χ0v) is 31.0. The normalized spacial score (nSPS) is 38.3. The van der Waals surface area contributed by atoms with Crippen molar-refractivity contribution in [3.63, 3.8) is 0 Å². The van der Waals surface area contributed by atoms with Crippen LogP contribution in [0.2, 0.25) is 0 Å². The Labute approximate surface area is 308 Å². The van der Waals surface area contributed by atoms with Gasteiger partial charge < -0.3 is 77.2 Å². The highest BCUT2D eigenvalue weighted by molar-refractivity contribution is 5.75. The summed E-state index contributed by atoms with van der Waals surface area (Å²) in [4.78, 5) is 12.6. The van der Waals surface area contributed by atoms with E-state index in [4.69, 9.17) is 36.1 Å². The number of nitrogens with one attached hydrogen (secondary N) is 1. The van der Waals surface area contributed by atoms with E-state index in [2.05, 4.69) is 12.2 Å². The summed E-state index contributed by atoms with van der Waals surface area (Å²) >= 11 is 0. The van der Waals surface area contributed by atoms with Crippen LogP contribution in [-0.4, -0.2) is 147 Å². The maximum Gasteiger partial charge on any atom is 0.220 e. The number of hydrogen-bond donors (Lipinski definition) is 11. The van der Waals surface area contributed by atoms with Crippen LogP contribution in [0.1, 0.15) is 116 Å². The Bertz CT molecular complexity index is 988. The second-order valence-corrected chi connectivity index (χ2v) is 15.1. The van der Waals surface area contributed by atoms with Crippen LogP contribution in [0.25, 0.3) is 0 Å². The van der Waals surface area contributed by atoms with E-state index in [0.29, 0.717) is 6.42 Å². The molecule has 0 spiro atoms. The third-order valence-electron chi connectivity index (χ3n) is 10.8. The van der Waals surface area contributed by atoms with Gasteiger partial charge in [0, 0.05) is 25.0 Å². The molecule has 3 rings (SSSR count). The number of unbranched alkanes of at least 4 members (excludes halogenated alkanes) is 14. The molecule has 1 saturated carbocycles. The van der Waals surface area contributed by atoms with Crippen molar-refractivity contribution in [2.75, 3.05) is 13.2 Å². The molecule has 0 aromatic heterocycles. The quantitative estimate of drug-likeness (QED) is 0.0566. The molecule has 0 aromatic carbocycles. The topological polar surface area (TPSA) is 286 Å². The van der Waals surface area contributed by atoms with E-state index >= 15 is 0 Å². The lowest BCUT2D eigenvalue weighted by Crippen LogP contribution is -2.68. The predicted molar refractivity (Wildman–Crippen MR) is 191 cm³/mol. The second kappa shape index (κ2) is 23.7. The van der Waals surface area contributed by atoms with Gasteiger partial charge in [-0.1, -0.05) is 96.8 Å². The summed E-state index contributed by atoms with van der Waals surface area (Å²) < 4.78 is 22.9. The van der Waals surface area contributed by atoms with Crippen molar-refractivity contribution >= 4 is 5.91 Å².